The first kappa shape index (κ1) is 18.9. The molecule has 8 nitrogen and oxygen atoms in total. The molecule has 1 unspecified atom stereocenters. The Morgan fingerprint density at radius 3 is 2.80 bits per heavy atom. The van der Waals surface area contributed by atoms with Crippen LogP contribution in [-0.2, 0) is 0 Å². The van der Waals surface area contributed by atoms with Crippen molar-refractivity contribution in [1.29, 1.82) is 5.26 Å². The molecule has 30 heavy (non-hydrogen) atoms. The third kappa shape index (κ3) is 3.73. The van der Waals surface area contributed by atoms with E-state index in [0.29, 0.717) is 24.5 Å². The highest BCUT2D eigenvalue weighted by molar-refractivity contribution is 5.93. The fraction of sp³-hybridized carbons (Fsp3) is 0.500. The standard InChI is InChI=1S/C22H28N8/c1-14-10-21(29-28-14)27-22-18-6-8-24-19(18)13-20(26-22)25-15-11-16-4-2-5-17(12-15)30(16)9-3-7-23/h6,8,10,13,15-17,24H,2-5,9,11-12H2,1H3,(H3,25,26,27,28,29)/t15?,16-,17+. The van der Waals surface area contributed by atoms with Crippen LogP contribution in [0.4, 0.5) is 17.5 Å². The van der Waals surface area contributed by atoms with Crippen LogP contribution >= 0.6 is 0 Å². The molecule has 0 amide bonds. The molecule has 2 bridgehead atoms. The summed E-state index contributed by atoms with van der Waals surface area (Å²) >= 11 is 0. The number of hydrogen-bond acceptors (Lipinski definition) is 6. The number of anilines is 3. The predicted molar refractivity (Wildman–Crippen MR) is 118 cm³/mol. The molecule has 5 heterocycles. The van der Waals surface area contributed by atoms with Crippen molar-refractivity contribution in [2.75, 3.05) is 17.2 Å². The first-order chi connectivity index (χ1) is 14.7. The van der Waals surface area contributed by atoms with Crippen LogP contribution in [0.5, 0.6) is 0 Å². The normalized spacial score (nSPS) is 23.9. The zero-order valence-electron chi connectivity index (χ0n) is 17.3. The fourth-order valence-corrected chi connectivity index (χ4v) is 5.18. The summed E-state index contributed by atoms with van der Waals surface area (Å²) < 4.78 is 0. The highest BCUT2D eigenvalue weighted by Crippen LogP contribution is 2.36. The van der Waals surface area contributed by atoms with E-state index in [0.717, 1.165) is 53.4 Å². The summed E-state index contributed by atoms with van der Waals surface area (Å²) in [5, 5.41) is 24.3. The number of H-pyrrole nitrogens is 2. The molecule has 0 radical (unpaired) electrons. The first-order valence-electron chi connectivity index (χ1n) is 10.9. The minimum atomic E-state index is 0.402. The van der Waals surface area contributed by atoms with Gasteiger partial charge in [-0.1, -0.05) is 6.42 Å². The highest BCUT2D eigenvalue weighted by Gasteiger charge is 2.37. The lowest BCUT2D eigenvalue weighted by molar-refractivity contribution is 0.0370. The quantitative estimate of drug-likeness (QED) is 0.494. The summed E-state index contributed by atoms with van der Waals surface area (Å²) in [4.78, 5) is 10.8. The number of fused-ring (bicyclic) bond motifs is 3. The molecule has 8 heteroatoms. The molecule has 4 N–H and O–H groups in total. The lowest BCUT2D eigenvalue weighted by Gasteiger charge is -2.49. The number of aromatic nitrogens is 4. The van der Waals surface area contributed by atoms with Crippen LogP contribution in [0.25, 0.3) is 10.9 Å². The molecule has 156 valence electrons. The smallest absolute Gasteiger partial charge is 0.153 e. The Balaban J connectivity index is 1.35. The van der Waals surface area contributed by atoms with Gasteiger partial charge < -0.3 is 15.6 Å². The molecule has 5 rings (SSSR count). The Morgan fingerprint density at radius 2 is 2.07 bits per heavy atom. The van der Waals surface area contributed by atoms with E-state index in [1.807, 2.05) is 25.3 Å². The van der Waals surface area contributed by atoms with Crippen LogP contribution in [0, 0.1) is 18.3 Å². The Bertz CT molecular complexity index is 1050. The van der Waals surface area contributed by atoms with Gasteiger partial charge in [0.2, 0.25) is 0 Å². The van der Waals surface area contributed by atoms with Gasteiger partial charge in [0.15, 0.2) is 5.82 Å². The van der Waals surface area contributed by atoms with Gasteiger partial charge in [-0.15, -0.1) is 0 Å². The van der Waals surface area contributed by atoms with Gasteiger partial charge in [0, 0.05) is 60.5 Å². The number of nitriles is 1. The third-order valence-corrected chi connectivity index (χ3v) is 6.46. The molecule has 3 atom stereocenters. The van der Waals surface area contributed by atoms with Crippen molar-refractivity contribution >= 4 is 28.4 Å². The predicted octanol–water partition coefficient (Wildman–Crippen LogP) is 4.05. The van der Waals surface area contributed by atoms with Gasteiger partial charge in [-0.3, -0.25) is 10.00 Å². The molecule has 2 fully saturated rings. The van der Waals surface area contributed by atoms with E-state index in [2.05, 4.69) is 42.9 Å². The fourth-order valence-electron chi connectivity index (χ4n) is 5.18. The van der Waals surface area contributed by atoms with Crippen molar-refractivity contribution in [1.82, 2.24) is 25.1 Å². The maximum atomic E-state index is 9.00. The van der Waals surface area contributed by atoms with Gasteiger partial charge in [-0.2, -0.15) is 10.4 Å². The van der Waals surface area contributed by atoms with E-state index in [1.54, 1.807) is 0 Å². The Kier molecular flexibility index (Phi) is 5.05. The van der Waals surface area contributed by atoms with Crippen molar-refractivity contribution < 1.29 is 0 Å². The number of aryl methyl sites for hydroxylation is 1. The minimum Gasteiger partial charge on any atom is -0.367 e. The number of aromatic amines is 2. The summed E-state index contributed by atoms with van der Waals surface area (Å²) in [5.74, 6) is 2.45. The number of hydrogen-bond donors (Lipinski definition) is 4. The Morgan fingerprint density at radius 1 is 1.23 bits per heavy atom. The van der Waals surface area contributed by atoms with Crippen LogP contribution in [0.15, 0.2) is 24.4 Å². The van der Waals surface area contributed by atoms with Gasteiger partial charge in [0.1, 0.15) is 11.6 Å². The van der Waals surface area contributed by atoms with E-state index in [9.17, 15) is 0 Å². The number of pyridine rings is 1. The van der Waals surface area contributed by atoms with Crippen LogP contribution in [0.2, 0.25) is 0 Å². The van der Waals surface area contributed by atoms with Crippen LogP contribution in [-0.4, -0.2) is 49.7 Å². The molecule has 2 aliphatic heterocycles. The van der Waals surface area contributed by atoms with E-state index in [1.165, 1.54) is 19.3 Å². The average Bonchev–Trinajstić information content (AvgIpc) is 3.35. The molecule has 0 spiro atoms. The summed E-state index contributed by atoms with van der Waals surface area (Å²) in [6.45, 7) is 2.89. The second kappa shape index (κ2) is 8.00. The van der Waals surface area contributed by atoms with Gasteiger partial charge in [0.25, 0.3) is 0 Å². The van der Waals surface area contributed by atoms with Crippen molar-refractivity contribution in [3.63, 3.8) is 0 Å². The topological polar surface area (TPSA) is 108 Å². The molecule has 0 aromatic carbocycles. The van der Waals surface area contributed by atoms with Crippen molar-refractivity contribution in [3.05, 3.63) is 30.1 Å². The van der Waals surface area contributed by atoms with E-state index >= 15 is 0 Å². The largest absolute Gasteiger partial charge is 0.367 e. The van der Waals surface area contributed by atoms with Gasteiger partial charge >= 0.3 is 0 Å². The molecule has 2 aliphatic rings. The lowest BCUT2D eigenvalue weighted by atomic mass is 9.81. The van der Waals surface area contributed by atoms with E-state index < -0.39 is 0 Å². The maximum Gasteiger partial charge on any atom is 0.153 e. The van der Waals surface area contributed by atoms with E-state index in [4.69, 9.17) is 10.2 Å². The number of nitrogens with zero attached hydrogens (tertiary/aromatic N) is 4. The second-order valence-electron chi connectivity index (χ2n) is 8.55. The number of rotatable bonds is 6. The highest BCUT2D eigenvalue weighted by atomic mass is 15.2. The average molecular weight is 405 g/mol. The molecule has 3 aromatic rings. The van der Waals surface area contributed by atoms with Crippen molar-refractivity contribution in [2.45, 2.75) is 63.6 Å². The SMILES string of the molecule is Cc1cc(Nc2nc(NC3C[C@H]4CCC[C@@H](C3)N4CCC#N)cc3[nH]ccc23)n[nH]1. The minimum absolute atomic E-state index is 0.402. The van der Waals surface area contributed by atoms with Gasteiger partial charge in [-0.25, -0.2) is 4.98 Å². The Labute approximate surface area is 176 Å². The second-order valence-corrected chi connectivity index (χ2v) is 8.55. The summed E-state index contributed by atoms with van der Waals surface area (Å²) in [6, 6.07) is 9.95. The van der Waals surface area contributed by atoms with Crippen LogP contribution < -0.4 is 10.6 Å². The zero-order valence-corrected chi connectivity index (χ0v) is 17.3. The lowest BCUT2D eigenvalue weighted by Crippen LogP contribution is -2.55. The van der Waals surface area contributed by atoms with Crippen molar-refractivity contribution in [3.8, 4) is 6.07 Å². The Hall–Kier alpha value is -3.05. The van der Waals surface area contributed by atoms with E-state index in [-0.39, 0.29) is 0 Å². The van der Waals surface area contributed by atoms with Crippen LogP contribution in [0.1, 0.15) is 44.2 Å². The van der Waals surface area contributed by atoms with Crippen LogP contribution in [0.3, 0.4) is 0 Å². The first-order valence-corrected chi connectivity index (χ1v) is 10.9. The molecule has 0 aliphatic carbocycles. The monoisotopic (exact) mass is 404 g/mol. The summed E-state index contributed by atoms with van der Waals surface area (Å²) in [7, 11) is 0. The maximum absolute atomic E-state index is 9.00. The molecular weight excluding hydrogens is 376 g/mol. The number of piperidine rings is 2. The van der Waals surface area contributed by atoms with Gasteiger partial charge in [-0.05, 0) is 38.7 Å². The molecular formula is C22H28N8. The van der Waals surface area contributed by atoms with Crippen molar-refractivity contribution in [2.24, 2.45) is 0 Å². The molecule has 3 aromatic heterocycles. The molecule has 0 saturated carbocycles. The summed E-state index contributed by atoms with van der Waals surface area (Å²) in [6.07, 6.45) is 8.53. The van der Waals surface area contributed by atoms with Gasteiger partial charge in [0.05, 0.1) is 11.6 Å². The molecule has 2 saturated heterocycles. The zero-order chi connectivity index (χ0) is 20.5. The number of nitrogens with one attached hydrogen (secondary N) is 4. The summed E-state index contributed by atoms with van der Waals surface area (Å²) in [5.41, 5.74) is 2.06. The third-order valence-electron chi connectivity index (χ3n) is 6.46.